The number of fused-ring (bicyclic) bond motifs is 15. The highest BCUT2D eigenvalue weighted by Gasteiger charge is 2.68. The predicted molar refractivity (Wildman–Crippen MR) is 342 cm³/mol. The van der Waals surface area contributed by atoms with E-state index in [4.69, 9.17) is 14.5 Å². The van der Waals surface area contributed by atoms with Crippen molar-refractivity contribution in [3.63, 3.8) is 0 Å². The van der Waals surface area contributed by atoms with Gasteiger partial charge in [0, 0.05) is 35.9 Å². The number of aliphatic hydroxyl groups is 6. The molecule has 498 valence electrons. The number of nitrogens with one attached hydrogen (secondary N) is 2. The molecule has 2 aliphatic heterocycles. The van der Waals surface area contributed by atoms with Crippen LogP contribution in [0.4, 0.5) is 0 Å². The summed E-state index contributed by atoms with van der Waals surface area (Å²) in [6, 6.07) is 10.3. The third kappa shape index (κ3) is 10.7. The minimum absolute atomic E-state index is 0.00828. The number of cyclic esters (lactones) is 1. The van der Waals surface area contributed by atoms with Crippen LogP contribution in [0.3, 0.4) is 0 Å². The van der Waals surface area contributed by atoms with E-state index in [1.165, 1.54) is 0 Å². The normalized spacial score (nSPS) is 41.1. The van der Waals surface area contributed by atoms with Gasteiger partial charge >= 0.3 is 11.9 Å². The van der Waals surface area contributed by atoms with Crippen molar-refractivity contribution in [2.45, 2.75) is 251 Å². The van der Waals surface area contributed by atoms with Crippen molar-refractivity contribution in [1.29, 1.82) is 0 Å². The number of nitrogens with zero attached hydrogens (tertiary/aromatic N) is 2. The summed E-state index contributed by atoms with van der Waals surface area (Å²) < 4.78 is 13.8. The Hall–Kier alpha value is -4.78. The molecule has 2 amide bonds. The topological polar surface area (TPSA) is 267 Å². The Morgan fingerprint density at radius 2 is 1.27 bits per heavy atom. The first kappa shape index (κ1) is 64.9. The number of unbranched alkanes of at least 4 members (excludes halogenated alkanes) is 1. The largest absolute Gasteiger partial charge is 0.457 e. The van der Waals surface area contributed by atoms with E-state index in [1.54, 1.807) is 17.6 Å². The van der Waals surface area contributed by atoms with Crippen molar-refractivity contribution < 1.29 is 59.3 Å². The van der Waals surface area contributed by atoms with Gasteiger partial charge in [-0.1, -0.05) is 66.7 Å². The van der Waals surface area contributed by atoms with Gasteiger partial charge in [0.2, 0.25) is 17.4 Å². The lowest BCUT2D eigenvalue weighted by Gasteiger charge is -2.63. The van der Waals surface area contributed by atoms with Gasteiger partial charge in [-0.25, -0.2) is 14.6 Å². The van der Waals surface area contributed by atoms with Gasteiger partial charge in [0.15, 0.2) is 0 Å². The lowest BCUT2D eigenvalue weighted by molar-refractivity contribution is -0.207. The Morgan fingerprint density at radius 3 is 1.86 bits per heavy atom. The molecular formula is C74H104N4O13. The van der Waals surface area contributed by atoms with Gasteiger partial charge in [-0.2, -0.15) is 0 Å². The van der Waals surface area contributed by atoms with Gasteiger partial charge < -0.3 is 55.3 Å². The predicted octanol–water partition coefficient (Wildman–Crippen LogP) is 9.16. The number of rotatable bonds is 17. The fraction of sp³-hybridized carbons (Fsp3) is 0.757. The molecule has 13 rings (SSSR count). The van der Waals surface area contributed by atoms with Crippen LogP contribution in [0, 0.1) is 92.7 Å². The van der Waals surface area contributed by atoms with Crippen LogP contribution >= 0.6 is 0 Å². The number of ether oxygens (including phenoxy) is 2. The quantitative estimate of drug-likeness (QED) is 0.0362. The van der Waals surface area contributed by atoms with Crippen molar-refractivity contribution in [3.8, 4) is 11.4 Å². The number of benzene rings is 1. The maximum Gasteiger partial charge on any atom is 0.355 e. The second-order valence-electron chi connectivity index (χ2n) is 32.2. The lowest BCUT2D eigenvalue weighted by atomic mass is 9.43. The summed E-state index contributed by atoms with van der Waals surface area (Å²) in [5.41, 5.74) is -0.111. The maximum absolute atomic E-state index is 15.0. The second-order valence-corrected chi connectivity index (χ2v) is 32.2. The van der Waals surface area contributed by atoms with E-state index >= 15 is 4.79 Å². The molecular weight excluding hydrogens is 1150 g/mol. The Labute approximate surface area is 537 Å². The van der Waals surface area contributed by atoms with Gasteiger partial charge in [0.05, 0.1) is 65.6 Å². The third-order valence-electron chi connectivity index (χ3n) is 28.2. The molecule has 8 fully saturated rings. The zero-order valence-corrected chi connectivity index (χ0v) is 55.0. The first-order chi connectivity index (χ1) is 43.3. The van der Waals surface area contributed by atoms with E-state index in [0.29, 0.717) is 82.1 Å². The van der Waals surface area contributed by atoms with E-state index < -0.39 is 53.4 Å². The van der Waals surface area contributed by atoms with E-state index in [9.17, 15) is 49.8 Å². The van der Waals surface area contributed by atoms with E-state index in [-0.39, 0.29) is 160 Å². The highest BCUT2D eigenvalue weighted by molar-refractivity contribution is 5.91. The first-order valence-corrected chi connectivity index (χ1v) is 35.6. The van der Waals surface area contributed by atoms with Crippen LogP contribution in [-0.2, 0) is 47.4 Å². The Morgan fingerprint density at radius 1 is 0.703 bits per heavy atom. The number of amides is 2. The number of aromatic nitrogens is 2. The molecule has 0 saturated heterocycles. The van der Waals surface area contributed by atoms with Crippen LogP contribution in [0.25, 0.3) is 22.3 Å². The van der Waals surface area contributed by atoms with Crippen LogP contribution in [0.5, 0.6) is 0 Å². The number of carbonyl (C=O) groups excluding carboxylic acids is 4. The number of esters is 2. The summed E-state index contributed by atoms with van der Waals surface area (Å²) >= 11 is 0. The molecule has 17 heteroatoms. The Balaban J connectivity index is 0.673. The monoisotopic (exact) mass is 1260 g/mol. The van der Waals surface area contributed by atoms with Crippen molar-refractivity contribution in [2.24, 2.45) is 92.7 Å². The first-order valence-electron chi connectivity index (χ1n) is 35.6. The number of hydrogen-bond acceptors (Lipinski definition) is 14. The van der Waals surface area contributed by atoms with Crippen molar-refractivity contribution >= 4 is 34.7 Å². The molecule has 0 bridgehead atoms. The van der Waals surface area contributed by atoms with Crippen molar-refractivity contribution in [1.82, 2.24) is 20.2 Å². The number of pyridine rings is 2. The van der Waals surface area contributed by atoms with Crippen molar-refractivity contribution in [2.75, 3.05) is 6.54 Å². The van der Waals surface area contributed by atoms with Gasteiger partial charge in [0.1, 0.15) is 12.6 Å². The summed E-state index contributed by atoms with van der Waals surface area (Å²) in [4.78, 5) is 76.8. The molecule has 0 spiro atoms. The summed E-state index contributed by atoms with van der Waals surface area (Å²) in [7, 11) is 0. The smallest absolute Gasteiger partial charge is 0.355 e. The maximum atomic E-state index is 15.0. The Bertz CT molecular complexity index is 3350. The zero-order valence-electron chi connectivity index (χ0n) is 55.0. The summed E-state index contributed by atoms with van der Waals surface area (Å²) in [6.07, 6.45) is 10.8. The van der Waals surface area contributed by atoms with E-state index in [2.05, 4.69) is 52.2 Å². The van der Waals surface area contributed by atoms with Crippen LogP contribution < -0.4 is 16.2 Å². The minimum Gasteiger partial charge on any atom is -0.457 e. The molecule has 0 radical (unpaired) electrons. The molecule has 1 aromatic carbocycles. The van der Waals surface area contributed by atoms with Crippen LogP contribution in [0.15, 0.2) is 41.2 Å². The van der Waals surface area contributed by atoms with Gasteiger partial charge in [-0.3, -0.25) is 14.4 Å². The van der Waals surface area contributed by atoms with Crippen LogP contribution in [0.1, 0.15) is 206 Å². The lowest BCUT2D eigenvalue weighted by Crippen LogP contribution is -2.62. The zero-order chi connectivity index (χ0) is 64.4. The molecule has 17 nitrogen and oxygen atoms in total. The second kappa shape index (κ2) is 24.5. The average molecular weight is 1260 g/mol. The standard InChI is InChI=1S/C74H104N4O13/c1-8-74(52-34-57-66-42(29-41-13-9-10-14-55(41)77-66)37-78(57)67(87)47(52)38-90-69(74)89)91-68(88)56(76-63(86)23-17-40(3)49-19-21-51-65-54(36-61(84)73(49,51)7)71(5)27-25-46(80)31-44(71)33-59(65)82)15-11-12-28-75-62(85)22-16-39(2)48-18-20-50-64-53(35-60(83)72(48,50)6)70(4)26-24-45(79)30-43(70)32-58(64)81/h9-10,13-14,29,34,39-40,43-46,48-51,53-54,56,58-61,64-65,79-84H,8,11-12,15-28,30-33,35-38H2,1-7H3,(H,75,85)(H,76,86)/t39-,40-,43?,44?,45-,46-,48?,49?,50?,51?,53?,54?,56?,58-,59-,60+,61+,64?,65?,70+,71+,72-,73-,74+/m1/s1. The number of para-hydroxylation sites is 1. The molecule has 10 aliphatic rings. The molecule has 11 unspecified atom stereocenters. The molecule has 2 aromatic heterocycles. The third-order valence-corrected chi connectivity index (χ3v) is 28.2. The summed E-state index contributed by atoms with van der Waals surface area (Å²) in [5.74, 6) is -0.315. The minimum atomic E-state index is -2.01. The highest BCUT2D eigenvalue weighted by Crippen LogP contribution is 2.70. The van der Waals surface area contributed by atoms with Crippen molar-refractivity contribution in [3.05, 3.63) is 63.4 Å². The molecule has 91 heavy (non-hydrogen) atoms. The van der Waals surface area contributed by atoms with E-state index in [1.807, 2.05) is 30.3 Å². The number of carbonyl (C=O) groups is 4. The molecule has 8 N–H and O–H groups in total. The highest BCUT2D eigenvalue weighted by atomic mass is 16.6. The van der Waals surface area contributed by atoms with Crippen LogP contribution in [-0.4, -0.2) is 113 Å². The fourth-order valence-corrected chi connectivity index (χ4v) is 23.0. The molecule has 4 heterocycles. The van der Waals surface area contributed by atoms with E-state index in [0.717, 1.165) is 74.3 Å². The fourth-order valence-electron chi connectivity index (χ4n) is 23.0. The summed E-state index contributed by atoms with van der Waals surface area (Å²) in [6.45, 7) is 15.5. The van der Waals surface area contributed by atoms with Gasteiger partial charge in [-0.15, -0.1) is 0 Å². The molecule has 8 saturated carbocycles. The molecule has 24 atom stereocenters. The Kier molecular flexibility index (Phi) is 17.4. The van der Waals surface area contributed by atoms with Gasteiger partial charge in [-0.05, 0) is 239 Å². The number of hydrogen-bond donors (Lipinski definition) is 8. The molecule has 3 aromatic rings. The average Bonchev–Trinajstić information content (AvgIpc) is 1.69. The van der Waals surface area contributed by atoms with Crippen LogP contribution in [0.2, 0.25) is 0 Å². The SMILES string of the molecule is CC[C@@]1(OC(=O)C(CCCCNC(=O)CC[C@@H](C)C2CCC3C4C(C[C@H](O)[C@@]32C)[C@@]2(C)CC[C@@H](O)CC2C[C@H]4O)NC(=O)CC[C@@H](C)C2CCC3C4C(C[C@H](O)[C@@]32C)[C@@]2(C)CC[C@@H](O)CC2C[C@H]4O)C(=O)OCc2c1cc1n(c2=O)Cc2cc3ccccc3nc2-1. The number of aliphatic hydroxyl groups excluding tert-OH is 6. The molecule has 8 aliphatic carbocycles. The van der Waals surface area contributed by atoms with Gasteiger partial charge in [0.25, 0.3) is 5.56 Å². The summed E-state index contributed by atoms with van der Waals surface area (Å²) in [5, 5.41) is 76.4.